The van der Waals surface area contributed by atoms with Gasteiger partial charge >= 0.3 is 6.09 Å². The Bertz CT molecular complexity index is 1300. The van der Waals surface area contributed by atoms with E-state index in [-0.39, 0.29) is 12.1 Å². The molecule has 0 saturated heterocycles. The van der Waals surface area contributed by atoms with Crippen LogP contribution in [0.3, 0.4) is 0 Å². The summed E-state index contributed by atoms with van der Waals surface area (Å²) >= 11 is 0. The van der Waals surface area contributed by atoms with Crippen LogP contribution in [-0.4, -0.2) is 56.6 Å². The topological polar surface area (TPSA) is 90.1 Å². The molecule has 0 unspecified atom stereocenters. The Labute approximate surface area is 211 Å². The van der Waals surface area contributed by atoms with Gasteiger partial charge in [0.05, 0.1) is 23.8 Å². The van der Waals surface area contributed by atoms with Crippen LogP contribution in [0.25, 0.3) is 11.0 Å². The van der Waals surface area contributed by atoms with Gasteiger partial charge in [-0.25, -0.2) is 9.78 Å². The zero-order valence-electron chi connectivity index (χ0n) is 20.9. The number of aryl methyl sites for hydroxylation is 3. The SMILES string of the molecule is COC(=O)N1c2ccc3c(nc(CCn4cccn4)n3CCNCCc3ccccn3)c2CC[C@@H]1C. The predicted octanol–water partition coefficient (Wildman–Crippen LogP) is 3.61. The van der Waals surface area contributed by atoms with E-state index < -0.39 is 0 Å². The Kier molecular flexibility index (Phi) is 7.27. The van der Waals surface area contributed by atoms with Crippen molar-refractivity contribution < 1.29 is 9.53 Å². The summed E-state index contributed by atoms with van der Waals surface area (Å²) in [5.41, 5.74) is 5.21. The van der Waals surface area contributed by atoms with Gasteiger partial charge in [-0.15, -0.1) is 0 Å². The summed E-state index contributed by atoms with van der Waals surface area (Å²) < 4.78 is 9.33. The second-order valence-electron chi connectivity index (χ2n) is 9.18. The van der Waals surface area contributed by atoms with Crippen LogP contribution in [0.5, 0.6) is 0 Å². The highest BCUT2D eigenvalue weighted by molar-refractivity contribution is 5.95. The minimum atomic E-state index is -0.321. The summed E-state index contributed by atoms with van der Waals surface area (Å²) in [5, 5.41) is 7.91. The predicted molar refractivity (Wildman–Crippen MR) is 139 cm³/mol. The van der Waals surface area contributed by atoms with Gasteiger partial charge in [-0.3, -0.25) is 14.6 Å². The lowest BCUT2D eigenvalue weighted by Gasteiger charge is -2.34. The molecule has 1 aliphatic rings. The van der Waals surface area contributed by atoms with Gasteiger partial charge in [-0.05, 0) is 50.1 Å². The summed E-state index contributed by atoms with van der Waals surface area (Å²) in [7, 11) is 1.44. The number of amides is 1. The maximum atomic E-state index is 12.5. The normalized spacial score (nSPS) is 15.3. The highest BCUT2D eigenvalue weighted by Gasteiger charge is 2.31. The van der Waals surface area contributed by atoms with Gasteiger partial charge in [0, 0.05) is 74.9 Å². The first kappa shape index (κ1) is 24.0. The van der Waals surface area contributed by atoms with Crippen molar-refractivity contribution in [1.82, 2.24) is 29.6 Å². The zero-order valence-corrected chi connectivity index (χ0v) is 20.9. The molecule has 36 heavy (non-hydrogen) atoms. The number of anilines is 1. The van der Waals surface area contributed by atoms with Gasteiger partial charge in [0.25, 0.3) is 0 Å². The number of carbonyl (C=O) groups is 1. The summed E-state index contributed by atoms with van der Waals surface area (Å²) in [6, 6.07) is 12.2. The maximum absolute atomic E-state index is 12.5. The third-order valence-corrected chi connectivity index (χ3v) is 6.88. The van der Waals surface area contributed by atoms with E-state index in [1.54, 1.807) is 11.1 Å². The first-order valence-electron chi connectivity index (χ1n) is 12.6. The molecule has 188 valence electrons. The first-order chi connectivity index (χ1) is 17.7. The lowest BCUT2D eigenvalue weighted by atomic mass is 9.96. The van der Waals surface area contributed by atoms with E-state index >= 15 is 0 Å². The third kappa shape index (κ3) is 4.97. The minimum absolute atomic E-state index is 0.0899. The van der Waals surface area contributed by atoms with Crippen LogP contribution >= 0.6 is 0 Å². The van der Waals surface area contributed by atoms with E-state index in [2.05, 4.69) is 39.0 Å². The van der Waals surface area contributed by atoms with Crippen molar-refractivity contribution in [2.75, 3.05) is 25.1 Å². The van der Waals surface area contributed by atoms with Crippen LogP contribution in [0.2, 0.25) is 0 Å². The molecule has 0 bridgehead atoms. The fourth-order valence-electron chi connectivity index (χ4n) is 5.02. The number of ether oxygens (including phenoxy) is 1. The standard InChI is InChI=1S/C27H33N7O2/c1-20-7-8-22-23(34(20)27(35)36-2)9-10-24-26(22)31-25(12-18-32-17-5-14-30-32)33(24)19-16-28-15-11-21-6-3-4-13-29-21/h3-6,9-10,13-14,17,20,28H,7-8,11-12,15-16,18-19H2,1-2H3/t20-/m0/s1. The lowest BCUT2D eigenvalue weighted by Crippen LogP contribution is -2.42. The Morgan fingerprint density at radius 1 is 1.11 bits per heavy atom. The van der Waals surface area contributed by atoms with E-state index in [9.17, 15) is 4.79 Å². The lowest BCUT2D eigenvalue weighted by molar-refractivity contribution is 0.175. The van der Waals surface area contributed by atoms with Gasteiger partial charge in [-0.2, -0.15) is 5.10 Å². The molecule has 4 aromatic rings. The number of nitrogens with one attached hydrogen (secondary N) is 1. The van der Waals surface area contributed by atoms with Crippen molar-refractivity contribution in [2.24, 2.45) is 0 Å². The molecule has 1 amide bonds. The molecule has 1 N–H and O–H groups in total. The van der Waals surface area contributed by atoms with Crippen molar-refractivity contribution in [3.63, 3.8) is 0 Å². The van der Waals surface area contributed by atoms with Crippen LogP contribution in [0.1, 0.15) is 30.4 Å². The highest BCUT2D eigenvalue weighted by atomic mass is 16.5. The molecule has 9 nitrogen and oxygen atoms in total. The Balaban J connectivity index is 1.39. The van der Waals surface area contributed by atoms with Crippen LogP contribution in [0.15, 0.2) is 55.0 Å². The van der Waals surface area contributed by atoms with Crippen LogP contribution in [0, 0.1) is 0 Å². The number of imidazole rings is 1. The summed E-state index contributed by atoms with van der Waals surface area (Å²) in [6.07, 6.45) is 8.73. The largest absolute Gasteiger partial charge is 0.452 e. The smallest absolute Gasteiger partial charge is 0.414 e. The van der Waals surface area contributed by atoms with Crippen molar-refractivity contribution in [3.05, 3.63) is 72.1 Å². The molecule has 1 aromatic carbocycles. The van der Waals surface area contributed by atoms with Crippen molar-refractivity contribution in [2.45, 2.75) is 51.7 Å². The number of nitrogens with zero attached hydrogens (tertiary/aromatic N) is 6. The van der Waals surface area contributed by atoms with Gasteiger partial charge in [-0.1, -0.05) is 6.07 Å². The molecule has 0 aliphatic carbocycles. The van der Waals surface area contributed by atoms with Gasteiger partial charge < -0.3 is 14.6 Å². The number of methoxy groups -OCH3 is 1. The van der Waals surface area contributed by atoms with E-state index in [1.807, 2.05) is 41.3 Å². The highest BCUT2D eigenvalue weighted by Crippen LogP contribution is 2.36. The van der Waals surface area contributed by atoms with E-state index in [4.69, 9.17) is 9.72 Å². The third-order valence-electron chi connectivity index (χ3n) is 6.88. The fourth-order valence-corrected chi connectivity index (χ4v) is 5.02. The molecule has 3 aromatic heterocycles. The van der Waals surface area contributed by atoms with E-state index in [1.165, 1.54) is 7.11 Å². The summed E-state index contributed by atoms with van der Waals surface area (Å²) in [4.78, 5) is 23.8. The first-order valence-corrected chi connectivity index (χ1v) is 12.6. The molecular weight excluding hydrogens is 454 g/mol. The summed E-state index contributed by atoms with van der Waals surface area (Å²) in [5.74, 6) is 1.03. The Morgan fingerprint density at radius 2 is 2.03 bits per heavy atom. The molecule has 0 radical (unpaired) electrons. The molecular formula is C27H33N7O2. The Hall–Kier alpha value is -3.72. The minimum Gasteiger partial charge on any atom is -0.452 e. The van der Waals surface area contributed by atoms with Crippen LogP contribution in [-0.2, 0) is 37.1 Å². The number of rotatable bonds is 9. The van der Waals surface area contributed by atoms with Gasteiger partial charge in [0.2, 0.25) is 0 Å². The number of fused-ring (bicyclic) bond motifs is 3. The molecule has 0 saturated carbocycles. The van der Waals surface area contributed by atoms with Gasteiger partial charge in [0.15, 0.2) is 0 Å². The number of pyridine rings is 1. The number of hydrogen-bond acceptors (Lipinski definition) is 6. The zero-order chi connectivity index (χ0) is 24.9. The maximum Gasteiger partial charge on any atom is 0.414 e. The molecule has 0 fully saturated rings. The van der Waals surface area contributed by atoms with Crippen molar-refractivity contribution in [3.8, 4) is 0 Å². The average molecular weight is 488 g/mol. The molecule has 1 atom stereocenters. The molecule has 9 heteroatoms. The van der Waals surface area contributed by atoms with Crippen molar-refractivity contribution >= 4 is 22.8 Å². The molecule has 4 heterocycles. The fraction of sp³-hybridized carbons (Fsp3) is 0.407. The average Bonchev–Trinajstić information content (AvgIpc) is 3.55. The second-order valence-corrected chi connectivity index (χ2v) is 9.18. The number of carbonyl (C=O) groups excluding carboxylic acids is 1. The van der Waals surface area contributed by atoms with Crippen molar-refractivity contribution in [1.29, 1.82) is 0 Å². The van der Waals surface area contributed by atoms with E-state index in [0.29, 0.717) is 0 Å². The van der Waals surface area contributed by atoms with Crippen LogP contribution < -0.4 is 10.2 Å². The number of aromatic nitrogens is 5. The monoisotopic (exact) mass is 487 g/mol. The Morgan fingerprint density at radius 3 is 2.81 bits per heavy atom. The second kappa shape index (κ2) is 10.9. The number of benzene rings is 1. The molecule has 5 rings (SSSR count). The molecule has 0 spiro atoms. The van der Waals surface area contributed by atoms with Crippen LogP contribution in [0.4, 0.5) is 10.5 Å². The quantitative estimate of drug-likeness (QED) is 0.363. The molecule has 1 aliphatic heterocycles. The van der Waals surface area contributed by atoms with Gasteiger partial charge in [0.1, 0.15) is 5.82 Å². The number of hydrogen-bond donors (Lipinski definition) is 1. The summed E-state index contributed by atoms with van der Waals surface area (Å²) in [6.45, 7) is 5.33. The van der Waals surface area contributed by atoms with E-state index in [0.717, 1.165) is 85.7 Å².